The molecule has 0 aromatic rings. The fraction of sp³-hybridized carbons (Fsp3) is 0.714. The molecular weight excluding hydrogens is 390 g/mol. The maximum Gasteiger partial charge on any atom is 0.253 e. The maximum atomic E-state index is 11.8. The van der Waals surface area contributed by atoms with Gasteiger partial charge in [-0.05, 0) is 32.1 Å². The summed E-state index contributed by atoms with van der Waals surface area (Å²) in [6, 6.07) is 0. The van der Waals surface area contributed by atoms with Gasteiger partial charge in [0.2, 0.25) is 11.8 Å². The molecule has 29 heavy (non-hydrogen) atoms. The number of thiol groups is 1. The molecule has 1 aliphatic rings. The first-order valence-corrected chi connectivity index (χ1v) is 10.9. The van der Waals surface area contributed by atoms with Crippen LogP contribution in [-0.2, 0) is 19.2 Å². The third-order valence-corrected chi connectivity index (χ3v) is 4.87. The highest BCUT2D eigenvalue weighted by atomic mass is 32.1. The van der Waals surface area contributed by atoms with E-state index in [1.165, 1.54) is 17.1 Å². The first-order valence-electron chi connectivity index (χ1n) is 10.5. The van der Waals surface area contributed by atoms with E-state index in [4.69, 9.17) is 0 Å². The topological polar surface area (TPSA) is 95.6 Å². The Kier molecular flexibility index (Phi) is 11.7. The Labute approximate surface area is 179 Å². The van der Waals surface area contributed by atoms with Crippen molar-refractivity contribution in [2.24, 2.45) is 0 Å². The molecule has 1 rings (SSSR count). The predicted molar refractivity (Wildman–Crippen MR) is 116 cm³/mol. The van der Waals surface area contributed by atoms with Crippen LogP contribution in [0.2, 0.25) is 0 Å². The summed E-state index contributed by atoms with van der Waals surface area (Å²) in [5.41, 5.74) is 0. The van der Waals surface area contributed by atoms with Gasteiger partial charge in [0.15, 0.2) is 0 Å². The highest BCUT2D eigenvalue weighted by molar-refractivity contribution is 7.81. The van der Waals surface area contributed by atoms with Crippen LogP contribution in [0.5, 0.6) is 0 Å². The van der Waals surface area contributed by atoms with Gasteiger partial charge in [0.25, 0.3) is 11.8 Å². The van der Waals surface area contributed by atoms with E-state index in [1.54, 1.807) is 0 Å². The zero-order valence-corrected chi connectivity index (χ0v) is 18.6. The van der Waals surface area contributed by atoms with Crippen molar-refractivity contribution in [2.45, 2.75) is 76.4 Å². The van der Waals surface area contributed by atoms with Gasteiger partial charge in [0.1, 0.15) is 0 Å². The minimum Gasteiger partial charge on any atom is -0.356 e. The Morgan fingerprint density at radius 3 is 1.93 bits per heavy atom. The van der Waals surface area contributed by atoms with Gasteiger partial charge in [-0.25, -0.2) is 0 Å². The van der Waals surface area contributed by atoms with Crippen LogP contribution in [0.15, 0.2) is 12.2 Å². The van der Waals surface area contributed by atoms with Crippen LogP contribution in [0.25, 0.3) is 0 Å². The molecule has 0 saturated carbocycles. The van der Waals surface area contributed by atoms with Crippen molar-refractivity contribution in [3.63, 3.8) is 0 Å². The highest BCUT2D eigenvalue weighted by Crippen LogP contribution is 2.15. The van der Waals surface area contributed by atoms with Crippen LogP contribution in [0, 0.1) is 0 Å². The molecule has 0 bridgehead atoms. The average molecular weight is 426 g/mol. The first kappa shape index (κ1) is 25.2. The summed E-state index contributed by atoms with van der Waals surface area (Å²) in [6.45, 7) is 5.72. The fourth-order valence-electron chi connectivity index (χ4n) is 2.88. The molecule has 4 amide bonds. The van der Waals surface area contributed by atoms with Gasteiger partial charge in [-0.2, -0.15) is 12.6 Å². The number of hydrogen-bond donors (Lipinski definition) is 3. The van der Waals surface area contributed by atoms with Crippen molar-refractivity contribution in [1.82, 2.24) is 15.5 Å². The van der Waals surface area contributed by atoms with Crippen molar-refractivity contribution in [2.75, 3.05) is 19.6 Å². The molecule has 7 nitrogen and oxygen atoms in total. The molecule has 0 unspecified atom stereocenters. The third-order valence-electron chi connectivity index (χ3n) is 4.65. The summed E-state index contributed by atoms with van der Waals surface area (Å²) >= 11 is 4.42. The van der Waals surface area contributed by atoms with E-state index >= 15 is 0 Å². The van der Waals surface area contributed by atoms with Crippen LogP contribution < -0.4 is 10.6 Å². The Bertz CT molecular complexity index is 581. The van der Waals surface area contributed by atoms with Gasteiger partial charge in [0, 0.05) is 49.4 Å². The van der Waals surface area contributed by atoms with Gasteiger partial charge in [-0.1, -0.05) is 26.7 Å². The minimum absolute atomic E-state index is 0.0205. The summed E-state index contributed by atoms with van der Waals surface area (Å²) in [7, 11) is 0. The van der Waals surface area contributed by atoms with Crippen molar-refractivity contribution in [3.8, 4) is 0 Å². The number of nitrogens with zero attached hydrogens (tertiary/aromatic N) is 1. The van der Waals surface area contributed by atoms with Crippen molar-refractivity contribution in [1.29, 1.82) is 0 Å². The van der Waals surface area contributed by atoms with Crippen LogP contribution in [0.1, 0.15) is 71.6 Å². The number of rotatable bonds is 15. The van der Waals surface area contributed by atoms with Gasteiger partial charge in [0.05, 0.1) is 0 Å². The van der Waals surface area contributed by atoms with E-state index in [0.29, 0.717) is 38.9 Å². The lowest BCUT2D eigenvalue weighted by Crippen LogP contribution is -2.30. The number of carbonyl (C=O) groups is 4. The van der Waals surface area contributed by atoms with E-state index in [0.717, 1.165) is 38.5 Å². The standard InChI is InChI=1S/C21H35N3O4S/c1-21(2,29)13-15-23-18(26)9-5-3-7-14-22-17(25)10-6-4-8-16-24-19(27)11-12-20(24)28/h11-12,29H,3-10,13-16H2,1-2H3,(H,22,25)(H,23,26). The van der Waals surface area contributed by atoms with E-state index < -0.39 is 0 Å². The normalized spacial score (nSPS) is 13.8. The van der Waals surface area contributed by atoms with Crippen LogP contribution in [0.3, 0.4) is 0 Å². The Morgan fingerprint density at radius 1 is 0.862 bits per heavy atom. The average Bonchev–Trinajstić information content (AvgIpc) is 2.95. The van der Waals surface area contributed by atoms with Gasteiger partial charge >= 0.3 is 0 Å². The Balaban J connectivity index is 1.91. The lowest BCUT2D eigenvalue weighted by Gasteiger charge is -2.17. The Hall–Kier alpha value is -1.83. The van der Waals surface area contributed by atoms with Gasteiger partial charge in [-0.3, -0.25) is 24.1 Å². The summed E-state index contributed by atoms with van der Waals surface area (Å²) in [6.07, 6.45) is 9.17. The Morgan fingerprint density at radius 2 is 1.38 bits per heavy atom. The second kappa shape index (κ2) is 13.4. The second-order valence-electron chi connectivity index (χ2n) is 8.05. The smallest absolute Gasteiger partial charge is 0.253 e. The first-order chi connectivity index (χ1) is 13.7. The summed E-state index contributed by atoms with van der Waals surface area (Å²) in [5, 5.41) is 5.79. The molecule has 164 valence electrons. The fourth-order valence-corrected chi connectivity index (χ4v) is 3.00. The molecular formula is C21H35N3O4S. The van der Waals surface area contributed by atoms with E-state index in [2.05, 4.69) is 23.3 Å². The van der Waals surface area contributed by atoms with E-state index in [9.17, 15) is 19.2 Å². The number of carbonyl (C=O) groups excluding carboxylic acids is 4. The van der Waals surface area contributed by atoms with Crippen LogP contribution in [0.4, 0.5) is 0 Å². The third kappa shape index (κ3) is 12.4. The molecule has 0 aromatic carbocycles. The SMILES string of the molecule is CC(C)(S)CCNC(=O)CCCCCNC(=O)CCCCCN1C(=O)C=CC1=O. The molecule has 8 heteroatoms. The molecule has 0 fully saturated rings. The molecule has 0 aliphatic carbocycles. The highest BCUT2D eigenvalue weighted by Gasteiger charge is 2.22. The van der Waals surface area contributed by atoms with E-state index in [1.807, 2.05) is 13.8 Å². The number of hydrogen-bond acceptors (Lipinski definition) is 5. The zero-order chi connectivity index (χ0) is 21.7. The number of imide groups is 1. The molecule has 0 aromatic heterocycles. The number of unbranched alkanes of at least 4 members (excludes halogenated alkanes) is 4. The number of nitrogens with one attached hydrogen (secondary N) is 2. The van der Waals surface area contributed by atoms with Crippen LogP contribution in [-0.4, -0.2) is 52.9 Å². The molecule has 1 heterocycles. The summed E-state index contributed by atoms with van der Waals surface area (Å²) < 4.78 is -0.0745. The molecule has 0 spiro atoms. The molecule has 0 radical (unpaired) electrons. The van der Waals surface area contributed by atoms with Crippen molar-refractivity contribution >= 4 is 36.3 Å². The minimum atomic E-state index is -0.258. The van der Waals surface area contributed by atoms with E-state index in [-0.39, 0.29) is 28.4 Å². The molecule has 2 N–H and O–H groups in total. The monoisotopic (exact) mass is 425 g/mol. The summed E-state index contributed by atoms with van der Waals surface area (Å²) in [4.78, 5) is 47.5. The largest absolute Gasteiger partial charge is 0.356 e. The lowest BCUT2D eigenvalue weighted by atomic mass is 10.1. The van der Waals surface area contributed by atoms with Crippen molar-refractivity contribution < 1.29 is 19.2 Å². The maximum absolute atomic E-state index is 11.8. The van der Waals surface area contributed by atoms with Crippen LogP contribution >= 0.6 is 12.6 Å². The molecule has 1 aliphatic heterocycles. The summed E-state index contributed by atoms with van der Waals surface area (Å²) in [5.74, 6) is -0.425. The number of amides is 4. The van der Waals surface area contributed by atoms with Crippen molar-refractivity contribution in [3.05, 3.63) is 12.2 Å². The predicted octanol–water partition coefficient (Wildman–Crippen LogP) is 2.36. The quantitative estimate of drug-likeness (QED) is 0.213. The molecule has 0 saturated heterocycles. The van der Waals surface area contributed by atoms with Gasteiger partial charge < -0.3 is 10.6 Å². The molecule has 0 atom stereocenters. The zero-order valence-electron chi connectivity index (χ0n) is 17.7. The second-order valence-corrected chi connectivity index (χ2v) is 9.26. The van der Waals surface area contributed by atoms with Gasteiger partial charge in [-0.15, -0.1) is 0 Å². The lowest BCUT2D eigenvalue weighted by molar-refractivity contribution is -0.137.